The number of benzene rings is 1. The van der Waals surface area contributed by atoms with Gasteiger partial charge in [-0.3, -0.25) is 0 Å². The summed E-state index contributed by atoms with van der Waals surface area (Å²) in [5, 5.41) is 11.5. The Morgan fingerprint density at radius 2 is 2.06 bits per heavy atom. The smallest absolute Gasteiger partial charge is 0.341 e. The Balaban J connectivity index is 2.53. The number of nitrogens with one attached hydrogen (secondary N) is 1. The van der Waals surface area contributed by atoms with Gasteiger partial charge in [-0.05, 0) is 24.6 Å². The lowest BCUT2D eigenvalue weighted by Gasteiger charge is -2.12. The molecule has 1 heterocycles. The molecule has 1 aliphatic heterocycles. The molecule has 0 aromatic heterocycles. The molecule has 0 amide bonds. The average molecular weight is 245 g/mol. The maximum atomic E-state index is 13.6. The van der Waals surface area contributed by atoms with Crippen molar-refractivity contribution in [1.82, 2.24) is 5.32 Å². The van der Waals surface area contributed by atoms with Gasteiger partial charge in [-0.1, -0.05) is 0 Å². The number of rotatable bonds is 2. The zero-order chi connectivity index (χ0) is 12.6. The van der Waals surface area contributed by atoms with Crippen molar-refractivity contribution in [3.05, 3.63) is 34.6 Å². The lowest BCUT2D eigenvalue weighted by molar-refractivity contribution is 0.0685. The van der Waals surface area contributed by atoms with Crippen LogP contribution in [0.25, 0.3) is 0 Å². The minimum Gasteiger partial charge on any atom is -0.477 e. The summed E-state index contributed by atoms with van der Waals surface area (Å²) in [6.07, 6.45) is 0.572. The molecule has 0 radical (unpaired) electrons. The van der Waals surface area contributed by atoms with Gasteiger partial charge in [-0.2, -0.15) is 0 Å². The van der Waals surface area contributed by atoms with Gasteiger partial charge in [0.05, 0.1) is 0 Å². The second-order valence-corrected chi connectivity index (χ2v) is 3.95. The Kier molecular flexibility index (Phi) is 3.06. The highest BCUT2D eigenvalue weighted by atomic mass is 19.2. The Bertz CT molecular complexity index is 470. The second-order valence-electron chi connectivity index (χ2n) is 3.95. The molecule has 0 spiro atoms. The summed E-state index contributed by atoms with van der Waals surface area (Å²) in [6.45, 7) is 1.08. The van der Waals surface area contributed by atoms with Crippen molar-refractivity contribution in [2.75, 3.05) is 13.1 Å². The number of carboxylic acid groups (broad SMARTS) is 1. The molecule has 17 heavy (non-hydrogen) atoms. The van der Waals surface area contributed by atoms with Gasteiger partial charge in [-0.15, -0.1) is 0 Å². The van der Waals surface area contributed by atoms with Gasteiger partial charge >= 0.3 is 5.97 Å². The van der Waals surface area contributed by atoms with Gasteiger partial charge in [0.2, 0.25) is 0 Å². The molecule has 1 aliphatic rings. The third-order valence-corrected chi connectivity index (χ3v) is 2.90. The molecular formula is C11H10F3NO2. The zero-order valence-corrected chi connectivity index (χ0v) is 8.77. The molecular weight excluding hydrogens is 235 g/mol. The second kappa shape index (κ2) is 4.37. The van der Waals surface area contributed by atoms with Crippen molar-refractivity contribution in [1.29, 1.82) is 0 Å². The minimum atomic E-state index is -1.81. The summed E-state index contributed by atoms with van der Waals surface area (Å²) in [5.41, 5.74) is -1.34. The Hall–Kier alpha value is -1.56. The molecule has 6 heteroatoms. The zero-order valence-electron chi connectivity index (χ0n) is 8.77. The van der Waals surface area contributed by atoms with Crippen molar-refractivity contribution in [3.8, 4) is 0 Å². The fourth-order valence-electron chi connectivity index (χ4n) is 2.03. The molecule has 2 N–H and O–H groups in total. The first-order valence-corrected chi connectivity index (χ1v) is 5.13. The average Bonchev–Trinajstić information content (AvgIpc) is 2.76. The van der Waals surface area contributed by atoms with Gasteiger partial charge in [0.25, 0.3) is 0 Å². The van der Waals surface area contributed by atoms with Crippen LogP contribution in [0.4, 0.5) is 13.2 Å². The first-order chi connectivity index (χ1) is 8.02. The van der Waals surface area contributed by atoms with Gasteiger partial charge in [0, 0.05) is 12.5 Å². The number of halogens is 3. The first-order valence-electron chi connectivity index (χ1n) is 5.13. The van der Waals surface area contributed by atoms with Gasteiger partial charge in [-0.25, -0.2) is 18.0 Å². The molecule has 0 saturated carbocycles. The van der Waals surface area contributed by atoms with E-state index in [1.165, 1.54) is 0 Å². The molecule has 1 aromatic rings. The maximum absolute atomic E-state index is 13.6. The molecule has 0 bridgehead atoms. The normalized spacial score (nSPS) is 19.6. The van der Waals surface area contributed by atoms with E-state index in [-0.39, 0.29) is 11.5 Å². The molecule has 1 unspecified atom stereocenters. The van der Waals surface area contributed by atoms with Crippen LogP contribution in [0.5, 0.6) is 0 Å². The van der Waals surface area contributed by atoms with Crippen molar-refractivity contribution in [3.63, 3.8) is 0 Å². The van der Waals surface area contributed by atoms with Gasteiger partial charge < -0.3 is 10.4 Å². The lowest BCUT2D eigenvalue weighted by Crippen LogP contribution is -2.13. The summed E-state index contributed by atoms with van der Waals surface area (Å²) in [7, 11) is 0. The van der Waals surface area contributed by atoms with E-state index in [9.17, 15) is 18.0 Å². The van der Waals surface area contributed by atoms with E-state index < -0.39 is 29.0 Å². The highest BCUT2D eigenvalue weighted by Crippen LogP contribution is 2.29. The lowest BCUT2D eigenvalue weighted by atomic mass is 9.96. The monoisotopic (exact) mass is 245 g/mol. The first kappa shape index (κ1) is 11.9. The number of carboxylic acids is 1. The molecule has 1 aromatic carbocycles. The number of aromatic carboxylic acids is 1. The summed E-state index contributed by atoms with van der Waals surface area (Å²) < 4.78 is 40.4. The predicted octanol–water partition coefficient (Wildman–Crippen LogP) is 1.88. The fourth-order valence-corrected chi connectivity index (χ4v) is 2.03. The summed E-state index contributed by atoms with van der Waals surface area (Å²) in [4.78, 5) is 10.6. The quantitative estimate of drug-likeness (QED) is 0.782. The number of carbonyl (C=O) groups is 1. The van der Waals surface area contributed by atoms with E-state index in [0.717, 1.165) is 6.07 Å². The molecule has 0 aliphatic carbocycles. The van der Waals surface area contributed by atoms with Crippen LogP contribution in [0.3, 0.4) is 0 Å². The van der Waals surface area contributed by atoms with Crippen LogP contribution in [0.15, 0.2) is 6.07 Å². The van der Waals surface area contributed by atoms with Crippen molar-refractivity contribution in [2.24, 2.45) is 0 Å². The molecule has 1 atom stereocenters. The van der Waals surface area contributed by atoms with Crippen LogP contribution in [0, 0.1) is 17.5 Å². The maximum Gasteiger partial charge on any atom is 0.341 e. The van der Waals surface area contributed by atoms with E-state index in [2.05, 4.69) is 5.32 Å². The van der Waals surface area contributed by atoms with Crippen LogP contribution < -0.4 is 5.32 Å². The minimum absolute atomic E-state index is 0.102. The molecule has 1 fully saturated rings. The highest BCUT2D eigenvalue weighted by Gasteiger charge is 2.28. The molecule has 3 nitrogen and oxygen atoms in total. The Labute approximate surface area is 95.3 Å². The number of hydrogen-bond acceptors (Lipinski definition) is 2. The number of hydrogen-bond donors (Lipinski definition) is 2. The third-order valence-electron chi connectivity index (χ3n) is 2.90. The Morgan fingerprint density at radius 3 is 2.59 bits per heavy atom. The van der Waals surface area contributed by atoms with Crippen molar-refractivity contribution in [2.45, 2.75) is 12.3 Å². The van der Waals surface area contributed by atoms with Crippen molar-refractivity contribution >= 4 is 5.97 Å². The predicted molar refractivity (Wildman–Crippen MR) is 53.5 cm³/mol. The topological polar surface area (TPSA) is 49.3 Å². The van der Waals surface area contributed by atoms with E-state index in [0.29, 0.717) is 19.5 Å². The fraction of sp³-hybridized carbons (Fsp3) is 0.364. The van der Waals surface area contributed by atoms with Crippen LogP contribution in [0.1, 0.15) is 28.3 Å². The van der Waals surface area contributed by atoms with E-state index in [4.69, 9.17) is 5.11 Å². The van der Waals surface area contributed by atoms with Gasteiger partial charge in [0.15, 0.2) is 11.6 Å². The largest absolute Gasteiger partial charge is 0.477 e. The molecule has 1 saturated heterocycles. The molecule has 2 rings (SSSR count). The standard InChI is InChI=1S/C11H10F3NO2/c12-7-3-6(5-1-2-15-4-5)9(13)10(14)8(7)11(16)17/h3,5,15H,1-2,4H2,(H,16,17). The highest BCUT2D eigenvalue weighted by molar-refractivity contribution is 5.88. The van der Waals surface area contributed by atoms with Gasteiger partial charge in [0.1, 0.15) is 11.4 Å². The van der Waals surface area contributed by atoms with E-state index in [1.54, 1.807) is 0 Å². The van der Waals surface area contributed by atoms with E-state index in [1.807, 2.05) is 0 Å². The van der Waals surface area contributed by atoms with Crippen LogP contribution in [0.2, 0.25) is 0 Å². The SMILES string of the molecule is O=C(O)c1c(F)cc(C2CCNC2)c(F)c1F. The van der Waals surface area contributed by atoms with Crippen molar-refractivity contribution < 1.29 is 23.1 Å². The van der Waals surface area contributed by atoms with Crippen LogP contribution >= 0.6 is 0 Å². The third kappa shape index (κ3) is 2.00. The van der Waals surface area contributed by atoms with E-state index >= 15 is 0 Å². The van der Waals surface area contributed by atoms with Crippen LogP contribution in [-0.2, 0) is 0 Å². The molecule has 92 valence electrons. The Morgan fingerprint density at radius 1 is 1.35 bits per heavy atom. The summed E-state index contributed by atoms with van der Waals surface area (Å²) >= 11 is 0. The summed E-state index contributed by atoms with van der Waals surface area (Å²) in [6, 6.07) is 0.777. The van der Waals surface area contributed by atoms with Crippen LogP contribution in [-0.4, -0.2) is 24.2 Å². The summed E-state index contributed by atoms with van der Waals surface area (Å²) in [5.74, 6) is -6.26.